The fraction of sp³-hybridized carbons (Fsp3) is 0.333. The number of nitrogens with zero attached hydrogens (tertiary/aromatic N) is 3. The molecular formula is C15H18N4O2. The molecule has 0 bridgehead atoms. The molecule has 6 nitrogen and oxygen atoms in total. The van der Waals surface area contributed by atoms with Gasteiger partial charge in [0.25, 0.3) is 0 Å². The van der Waals surface area contributed by atoms with Crippen LogP contribution in [-0.2, 0) is 4.74 Å². The predicted octanol–water partition coefficient (Wildman–Crippen LogP) is 1.57. The quantitative estimate of drug-likeness (QED) is 0.923. The monoisotopic (exact) mass is 286 g/mol. The fourth-order valence-corrected chi connectivity index (χ4v) is 2.42. The molecule has 2 aromatic heterocycles. The lowest BCUT2D eigenvalue weighted by molar-refractivity contribution is 0.122. The van der Waals surface area contributed by atoms with Crippen molar-refractivity contribution in [3.05, 3.63) is 30.6 Å². The number of hydrogen-bond donors (Lipinski definition) is 1. The molecule has 3 heterocycles. The van der Waals surface area contributed by atoms with Crippen molar-refractivity contribution in [2.75, 3.05) is 44.0 Å². The number of ether oxygens (including phenoxy) is 2. The zero-order chi connectivity index (χ0) is 14.7. The molecule has 0 amide bonds. The lowest BCUT2D eigenvalue weighted by Gasteiger charge is -2.30. The van der Waals surface area contributed by atoms with E-state index in [9.17, 15) is 0 Å². The maximum absolute atomic E-state index is 6.18. The van der Waals surface area contributed by atoms with Crippen molar-refractivity contribution in [1.82, 2.24) is 9.97 Å². The highest BCUT2D eigenvalue weighted by atomic mass is 16.5. The highest BCUT2D eigenvalue weighted by Gasteiger charge is 2.19. The van der Waals surface area contributed by atoms with Crippen LogP contribution in [-0.4, -0.2) is 43.4 Å². The fourth-order valence-electron chi connectivity index (χ4n) is 2.42. The third kappa shape index (κ3) is 2.75. The van der Waals surface area contributed by atoms with Gasteiger partial charge in [-0.25, -0.2) is 4.98 Å². The molecule has 1 aliphatic rings. The predicted molar refractivity (Wildman–Crippen MR) is 81.5 cm³/mol. The van der Waals surface area contributed by atoms with Crippen LogP contribution >= 0.6 is 0 Å². The number of nitrogen functional groups attached to an aromatic ring is 1. The van der Waals surface area contributed by atoms with Crippen molar-refractivity contribution < 1.29 is 9.47 Å². The third-order valence-corrected chi connectivity index (χ3v) is 3.48. The molecule has 1 fully saturated rings. The van der Waals surface area contributed by atoms with E-state index in [1.807, 2.05) is 18.2 Å². The molecule has 0 aliphatic carbocycles. The Morgan fingerprint density at radius 2 is 2.14 bits per heavy atom. The van der Waals surface area contributed by atoms with Crippen molar-refractivity contribution in [1.29, 1.82) is 0 Å². The number of rotatable bonds is 3. The number of aromatic nitrogens is 2. The number of nitrogens with two attached hydrogens (primary N) is 1. The Kier molecular flexibility index (Phi) is 3.87. The van der Waals surface area contributed by atoms with Gasteiger partial charge in [-0.15, -0.1) is 0 Å². The number of pyridine rings is 2. The summed E-state index contributed by atoms with van der Waals surface area (Å²) in [5.74, 6) is 0.574. The Hall–Kier alpha value is -2.34. The summed E-state index contributed by atoms with van der Waals surface area (Å²) >= 11 is 0. The van der Waals surface area contributed by atoms with Crippen molar-refractivity contribution in [2.24, 2.45) is 0 Å². The van der Waals surface area contributed by atoms with E-state index in [0.29, 0.717) is 30.5 Å². The summed E-state index contributed by atoms with van der Waals surface area (Å²) in [6.45, 7) is 3.02. The Bertz CT molecular complexity index is 613. The molecule has 0 aromatic carbocycles. The van der Waals surface area contributed by atoms with Gasteiger partial charge in [0.15, 0.2) is 0 Å². The topological polar surface area (TPSA) is 73.5 Å². The molecule has 2 N–H and O–H groups in total. The van der Waals surface area contributed by atoms with Gasteiger partial charge < -0.3 is 20.1 Å². The van der Waals surface area contributed by atoms with Crippen LogP contribution in [0.4, 0.5) is 11.4 Å². The Morgan fingerprint density at radius 1 is 1.33 bits per heavy atom. The summed E-state index contributed by atoms with van der Waals surface area (Å²) < 4.78 is 10.8. The largest absolute Gasteiger partial charge is 0.480 e. The molecule has 6 heteroatoms. The van der Waals surface area contributed by atoms with Crippen LogP contribution in [0.25, 0.3) is 11.3 Å². The van der Waals surface area contributed by atoms with Gasteiger partial charge in [0, 0.05) is 31.0 Å². The zero-order valence-electron chi connectivity index (χ0n) is 12.0. The SMILES string of the molecule is COc1nc(-c2cccnc2)c(N)cc1N1CCOCC1. The Balaban J connectivity index is 2.02. The second-order valence-electron chi connectivity index (χ2n) is 4.80. The lowest BCUT2D eigenvalue weighted by Crippen LogP contribution is -2.36. The van der Waals surface area contributed by atoms with Crippen LogP contribution in [0.3, 0.4) is 0 Å². The van der Waals surface area contributed by atoms with E-state index in [-0.39, 0.29) is 0 Å². The highest BCUT2D eigenvalue weighted by molar-refractivity contribution is 5.77. The van der Waals surface area contributed by atoms with E-state index in [0.717, 1.165) is 24.3 Å². The summed E-state index contributed by atoms with van der Waals surface area (Å²) in [5.41, 5.74) is 9.27. The highest BCUT2D eigenvalue weighted by Crippen LogP contribution is 2.34. The molecule has 21 heavy (non-hydrogen) atoms. The molecule has 0 unspecified atom stereocenters. The number of morpholine rings is 1. The summed E-state index contributed by atoms with van der Waals surface area (Å²) in [6, 6.07) is 5.71. The molecule has 2 aromatic rings. The Morgan fingerprint density at radius 3 is 2.81 bits per heavy atom. The first-order valence-corrected chi connectivity index (χ1v) is 6.87. The van der Waals surface area contributed by atoms with E-state index in [4.69, 9.17) is 15.2 Å². The standard InChI is InChI=1S/C15H18N4O2/c1-20-15-13(19-5-7-21-8-6-19)9-12(16)14(18-15)11-3-2-4-17-10-11/h2-4,9-10H,5-8,16H2,1H3. The first-order chi connectivity index (χ1) is 10.3. The van der Waals surface area contributed by atoms with Gasteiger partial charge in [-0.3, -0.25) is 4.98 Å². The van der Waals surface area contributed by atoms with Crippen LogP contribution in [0.5, 0.6) is 5.88 Å². The van der Waals surface area contributed by atoms with Gasteiger partial charge in [0.1, 0.15) is 5.69 Å². The van der Waals surface area contributed by atoms with Gasteiger partial charge in [-0.2, -0.15) is 0 Å². The van der Waals surface area contributed by atoms with Gasteiger partial charge in [0.2, 0.25) is 5.88 Å². The molecular weight excluding hydrogens is 268 g/mol. The smallest absolute Gasteiger partial charge is 0.238 e. The minimum atomic E-state index is 0.574. The zero-order valence-corrected chi connectivity index (χ0v) is 12.0. The molecule has 3 rings (SSSR count). The first kappa shape index (κ1) is 13.6. The molecule has 110 valence electrons. The third-order valence-electron chi connectivity index (χ3n) is 3.48. The number of anilines is 2. The van der Waals surface area contributed by atoms with E-state index in [1.54, 1.807) is 19.5 Å². The van der Waals surface area contributed by atoms with Crippen LogP contribution in [0, 0.1) is 0 Å². The minimum absolute atomic E-state index is 0.574. The lowest BCUT2D eigenvalue weighted by atomic mass is 10.1. The van der Waals surface area contributed by atoms with Crippen molar-refractivity contribution in [3.63, 3.8) is 0 Å². The van der Waals surface area contributed by atoms with Gasteiger partial charge >= 0.3 is 0 Å². The van der Waals surface area contributed by atoms with Crippen molar-refractivity contribution in [2.45, 2.75) is 0 Å². The van der Waals surface area contributed by atoms with E-state index < -0.39 is 0 Å². The molecule has 0 atom stereocenters. The number of hydrogen-bond acceptors (Lipinski definition) is 6. The second kappa shape index (κ2) is 5.97. The maximum Gasteiger partial charge on any atom is 0.238 e. The van der Waals surface area contributed by atoms with Gasteiger partial charge in [0.05, 0.1) is 31.7 Å². The molecule has 1 saturated heterocycles. The maximum atomic E-state index is 6.18. The van der Waals surface area contributed by atoms with E-state index >= 15 is 0 Å². The summed E-state index contributed by atoms with van der Waals surface area (Å²) in [5, 5.41) is 0. The Labute approximate surface area is 123 Å². The van der Waals surface area contributed by atoms with Crippen LogP contribution in [0.2, 0.25) is 0 Å². The molecule has 0 radical (unpaired) electrons. The van der Waals surface area contributed by atoms with Crippen LogP contribution in [0.1, 0.15) is 0 Å². The molecule has 0 saturated carbocycles. The summed E-state index contributed by atoms with van der Waals surface area (Å²) in [6.07, 6.45) is 3.46. The van der Waals surface area contributed by atoms with Gasteiger partial charge in [-0.1, -0.05) is 0 Å². The number of methoxy groups -OCH3 is 1. The summed E-state index contributed by atoms with van der Waals surface area (Å²) in [4.78, 5) is 10.9. The summed E-state index contributed by atoms with van der Waals surface area (Å²) in [7, 11) is 1.62. The minimum Gasteiger partial charge on any atom is -0.480 e. The second-order valence-corrected chi connectivity index (χ2v) is 4.80. The molecule has 1 aliphatic heterocycles. The van der Waals surface area contributed by atoms with Crippen LogP contribution in [0.15, 0.2) is 30.6 Å². The normalized spacial score (nSPS) is 15.0. The first-order valence-electron chi connectivity index (χ1n) is 6.87. The molecule has 0 spiro atoms. The van der Waals surface area contributed by atoms with E-state index in [2.05, 4.69) is 14.9 Å². The van der Waals surface area contributed by atoms with Gasteiger partial charge in [-0.05, 0) is 18.2 Å². The van der Waals surface area contributed by atoms with Crippen molar-refractivity contribution >= 4 is 11.4 Å². The average molecular weight is 286 g/mol. The van der Waals surface area contributed by atoms with Crippen molar-refractivity contribution in [3.8, 4) is 17.1 Å². The van der Waals surface area contributed by atoms with E-state index in [1.165, 1.54) is 0 Å². The van der Waals surface area contributed by atoms with Crippen LogP contribution < -0.4 is 15.4 Å². The average Bonchev–Trinajstić information content (AvgIpc) is 2.56.